The van der Waals surface area contributed by atoms with Crippen LogP contribution in [-0.2, 0) is 14.8 Å². The minimum absolute atomic E-state index is 0.0846. The molecule has 0 fully saturated rings. The van der Waals surface area contributed by atoms with Gasteiger partial charge in [-0.1, -0.05) is 12.1 Å². The van der Waals surface area contributed by atoms with Crippen LogP contribution < -0.4 is 5.32 Å². The summed E-state index contributed by atoms with van der Waals surface area (Å²) in [7, 11) is -3.34. The zero-order valence-electron chi connectivity index (χ0n) is 12.1. The Morgan fingerprint density at radius 2 is 2.14 bits per heavy atom. The Morgan fingerprint density at radius 3 is 2.67 bits per heavy atom. The van der Waals surface area contributed by atoms with Crippen molar-refractivity contribution in [2.45, 2.75) is 13.3 Å². The maximum Gasteiger partial charge on any atom is 0.225 e. The Bertz CT molecular complexity index is 629. The molecule has 116 valence electrons. The second-order valence-electron chi connectivity index (χ2n) is 4.69. The van der Waals surface area contributed by atoms with Crippen LogP contribution >= 0.6 is 15.9 Å². The summed E-state index contributed by atoms with van der Waals surface area (Å²) in [5.41, 5.74) is 1.74. The molecule has 0 aromatic heterocycles. The van der Waals surface area contributed by atoms with Gasteiger partial charge in [-0.05, 0) is 40.5 Å². The van der Waals surface area contributed by atoms with Gasteiger partial charge in [0, 0.05) is 24.0 Å². The van der Waals surface area contributed by atoms with Gasteiger partial charge in [0.1, 0.15) is 0 Å². The molecule has 0 saturated heterocycles. The van der Waals surface area contributed by atoms with E-state index in [1.54, 1.807) is 6.07 Å². The number of amides is 1. The van der Waals surface area contributed by atoms with Gasteiger partial charge in [-0.25, -0.2) is 8.42 Å². The van der Waals surface area contributed by atoms with E-state index >= 15 is 0 Å². The highest BCUT2D eigenvalue weighted by Gasteiger charge is 2.16. The average molecular weight is 375 g/mol. The number of hydrogen-bond donors (Lipinski definition) is 1. The van der Waals surface area contributed by atoms with E-state index in [1.165, 1.54) is 10.4 Å². The Morgan fingerprint density at radius 1 is 1.48 bits per heavy atom. The van der Waals surface area contributed by atoms with Crippen molar-refractivity contribution in [3.8, 4) is 0 Å². The van der Waals surface area contributed by atoms with E-state index in [-0.39, 0.29) is 25.4 Å². The molecule has 0 saturated carbocycles. The van der Waals surface area contributed by atoms with Gasteiger partial charge in [-0.2, -0.15) is 4.31 Å². The fraction of sp³-hybridized carbons (Fsp3) is 0.357. The van der Waals surface area contributed by atoms with Gasteiger partial charge in [-0.15, -0.1) is 6.58 Å². The number of nitrogens with zero attached hydrogens (tertiary/aromatic N) is 1. The highest BCUT2D eigenvalue weighted by atomic mass is 79.9. The van der Waals surface area contributed by atoms with E-state index in [1.807, 2.05) is 19.1 Å². The molecule has 5 nitrogen and oxygen atoms in total. The monoisotopic (exact) mass is 374 g/mol. The predicted octanol–water partition coefficient (Wildman–Crippen LogP) is 2.53. The van der Waals surface area contributed by atoms with Crippen molar-refractivity contribution in [1.29, 1.82) is 0 Å². The lowest BCUT2D eigenvalue weighted by Gasteiger charge is -2.17. The smallest absolute Gasteiger partial charge is 0.225 e. The van der Waals surface area contributed by atoms with Crippen LogP contribution in [0.25, 0.3) is 0 Å². The number of anilines is 1. The lowest BCUT2D eigenvalue weighted by molar-refractivity contribution is -0.116. The molecule has 0 aliphatic carbocycles. The van der Waals surface area contributed by atoms with Crippen molar-refractivity contribution in [3.05, 3.63) is 40.9 Å². The number of aryl methyl sites for hydroxylation is 1. The minimum atomic E-state index is -3.34. The van der Waals surface area contributed by atoms with Gasteiger partial charge in [0.2, 0.25) is 15.9 Å². The number of sulfonamides is 1. The van der Waals surface area contributed by atoms with Crippen LogP contribution in [0.15, 0.2) is 35.3 Å². The molecule has 0 unspecified atom stereocenters. The third-order valence-electron chi connectivity index (χ3n) is 2.79. The van der Waals surface area contributed by atoms with Gasteiger partial charge in [0.25, 0.3) is 0 Å². The molecule has 1 aromatic carbocycles. The van der Waals surface area contributed by atoms with Crippen molar-refractivity contribution < 1.29 is 13.2 Å². The molecule has 1 aromatic rings. The zero-order chi connectivity index (χ0) is 16.0. The highest BCUT2D eigenvalue weighted by molar-refractivity contribution is 9.10. The SMILES string of the molecule is C=CCN(CCC(=O)Nc1ccc(C)cc1Br)S(C)(=O)=O. The summed E-state index contributed by atoms with van der Waals surface area (Å²) in [6, 6.07) is 5.59. The molecule has 0 atom stereocenters. The molecule has 7 heteroatoms. The molecule has 0 spiro atoms. The van der Waals surface area contributed by atoms with E-state index in [0.717, 1.165) is 16.3 Å². The summed E-state index contributed by atoms with van der Waals surface area (Å²) in [6.07, 6.45) is 2.70. The first-order chi connectivity index (χ1) is 9.74. The Balaban J connectivity index is 2.63. The standard InChI is InChI=1S/C14H19BrN2O3S/c1-4-8-17(21(3,19)20)9-7-14(18)16-13-6-5-11(2)10-12(13)15/h4-6,10H,1,7-9H2,2-3H3,(H,16,18). The largest absolute Gasteiger partial charge is 0.325 e. The number of carbonyl (C=O) groups excluding carboxylic acids is 1. The van der Waals surface area contributed by atoms with E-state index in [0.29, 0.717) is 5.69 Å². The first-order valence-corrected chi connectivity index (χ1v) is 9.00. The van der Waals surface area contributed by atoms with Gasteiger partial charge in [-0.3, -0.25) is 4.79 Å². The predicted molar refractivity (Wildman–Crippen MR) is 88.7 cm³/mol. The Labute approximate surface area is 134 Å². The van der Waals surface area contributed by atoms with Crippen LogP contribution in [0.3, 0.4) is 0 Å². The highest BCUT2D eigenvalue weighted by Crippen LogP contribution is 2.23. The molecule has 0 aliphatic heterocycles. The van der Waals surface area contributed by atoms with Gasteiger partial charge in [0.15, 0.2) is 0 Å². The number of carbonyl (C=O) groups is 1. The molecular weight excluding hydrogens is 356 g/mol. The Hall–Kier alpha value is -1.18. The van der Waals surface area contributed by atoms with Crippen LogP contribution in [0.5, 0.6) is 0 Å². The third kappa shape index (κ3) is 5.99. The van der Waals surface area contributed by atoms with E-state index in [9.17, 15) is 13.2 Å². The summed E-state index contributed by atoms with van der Waals surface area (Å²) in [5.74, 6) is -0.239. The van der Waals surface area contributed by atoms with Gasteiger partial charge < -0.3 is 5.32 Å². The molecule has 0 heterocycles. The van der Waals surface area contributed by atoms with Crippen molar-refractivity contribution in [2.75, 3.05) is 24.7 Å². The molecule has 1 amide bonds. The number of rotatable bonds is 7. The van der Waals surface area contributed by atoms with Crippen LogP contribution in [0.4, 0.5) is 5.69 Å². The van der Waals surface area contributed by atoms with E-state index in [4.69, 9.17) is 0 Å². The molecule has 0 radical (unpaired) electrons. The van der Waals surface area contributed by atoms with Crippen molar-refractivity contribution in [1.82, 2.24) is 4.31 Å². The first-order valence-electron chi connectivity index (χ1n) is 6.36. The van der Waals surface area contributed by atoms with E-state index < -0.39 is 10.0 Å². The molecular formula is C14H19BrN2O3S. The Kier molecular flexibility index (Phi) is 6.57. The number of benzene rings is 1. The summed E-state index contributed by atoms with van der Waals surface area (Å²) >= 11 is 3.38. The van der Waals surface area contributed by atoms with Crippen LogP contribution in [0, 0.1) is 6.92 Å². The molecule has 21 heavy (non-hydrogen) atoms. The lowest BCUT2D eigenvalue weighted by Crippen LogP contribution is -2.33. The summed E-state index contributed by atoms with van der Waals surface area (Å²) < 4.78 is 25.1. The zero-order valence-corrected chi connectivity index (χ0v) is 14.5. The topological polar surface area (TPSA) is 66.5 Å². The lowest BCUT2D eigenvalue weighted by atomic mass is 10.2. The van der Waals surface area contributed by atoms with Crippen LogP contribution in [0.1, 0.15) is 12.0 Å². The minimum Gasteiger partial charge on any atom is -0.325 e. The second-order valence-corrected chi connectivity index (χ2v) is 7.53. The second kappa shape index (κ2) is 7.72. The van der Waals surface area contributed by atoms with Crippen molar-refractivity contribution >= 4 is 37.5 Å². The molecule has 0 aliphatic rings. The van der Waals surface area contributed by atoms with Crippen molar-refractivity contribution in [3.63, 3.8) is 0 Å². The van der Waals surface area contributed by atoms with Crippen molar-refractivity contribution in [2.24, 2.45) is 0 Å². The summed E-state index contributed by atoms with van der Waals surface area (Å²) in [4.78, 5) is 11.9. The fourth-order valence-corrected chi connectivity index (χ4v) is 3.09. The van der Waals surface area contributed by atoms with E-state index in [2.05, 4.69) is 27.8 Å². The molecule has 0 bridgehead atoms. The summed E-state index contributed by atoms with van der Waals surface area (Å²) in [6.45, 7) is 5.79. The van der Waals surface area contributed by atoms with Gasteiger partial charge >= 0.3 is 0 Å². The van der Waals surface area contributed by atoms with Crippen LogP contribution in [0.2, 0.25) is 0 Å². The summed E-state index contributed by atoms with van der Waals surface area (Å²) in [5, 5.41) is 2.75. The van der Waals surface area contributed by atoms with Crippen LogP contribution in [-0.4, -0.2) is 38.0 Å². The fourth-order valence-electron chi connectivity index (χ4n) is 1.70. The first kappa shape index (κ1) is 17.9. The quantitative estimate of drug-likeness (QED) is 0.745. The normalized spacial score (nSPS) is 11.4. The molecule has 1 rings (SSSR count). The number of nitrogens with one attached hydrogen (secondary N) is 1. The number of hydrogen-bond acceptors (Lipinski definition) is 3. The maximum absolute atomic E-state index is 11.9. The maximum atomic E-state index is 11.9. The number of halogens is 1. The third-order valence-corrected chi connectivity index (χ3v) is 4.71. The average Bonchev–Trinajstić information content (AvgIpc) is 2.36. The van der Waals surface area contributed by atoms with Gasteiger partial charge in [0.05, 0.1) is 11.9 Å². The molecule has 1 N–H and O–H groups in total.